The van der Waals surface area contributed by atoms with Crippen molar-refractivity contribution in [2.45, 2.75) is 31.0 Å². The van der Waals surface area contributed by atoms with Crippen LogP contribution in [0.5, 0.6) is 0 Å². The third-order valence-corrected chi connectivity index (χ3v) is 5.37. The Morgan fingerprint density at radius 1 is 1.42 bits per heavy atom. The zero-order valence-corrected chi connectivity index (χ0v) is 13.0. The molecule has 1 rings (SSSR count). The lowest BCUT2D eigenvalue weighted by Gasteiger charge is -2.07. The number of hydrogen-bond donors (Lipinski definition) is 2. The van der Waals surface area contributed by atoms with Gasteiger partial charge >= 0.3 is 0 Å². The molecule has 5 nitrogen and oxygen atoms in total. The predicted octanol–water partition coefficient (Wildman–Crippen LogP) is 1.55. The Balaban J connectivity index is 2.31. The molecule has 1 aromatic rings. The van der Waals surface area contributed by atoms with Gasteiger partial charge in [-0.15, -0.1) is 11.3 Å². The van der Waals surface area contributed by atoms with E-state index >= 15 is 0 Å². The van der Waals surface area contributed by atoms with Gasteiger partial charge in [0.25, 0.3) is 0 Å². The van der Waals surface area contributed by atoms with E-state index in [9.17, 15) is 8.42 Å². The maximum absolute atomic E-state index is 11.9. The monoisotopic (exact) mass is 306 g/mol. The molecule has 0 saturated carbocycles. The van der Waals surface area contributed by atoms with Gasteiger partial charge in [0, 0.05) is 31.2 Å². The van der Waals surface area contributed by atoms with Crippen LogP contribution in [0.25, 0.3) is 0 Å². The van der Waals surface area contributed by atoms with Crippen molar-refractivity contribution in [1.82, 2.24) is 4.72 Å². The van der Waals surface area contributed by atoms with Gasteiger partial charge < -0.3 is 10.5 Å². The molecule has 1 aromatic heterocycles. The number of nitrogens with two attached hydrogens (primary N) is 1. The highest BCUT2D eigenvalue weighted by Crippen LogP contribution is 2.20. The van der Waals surface area contributed by atoms with Crippen LogP contribution in [0.1, 0.15) is 25.1 Å². The van der Waals surface area contributed by atoms with E-state index in [1.807, 2.05) is 0 Å². The zero-order chi connectivity index (χ0) is 14.3. The fourth-order valence-corrected chi connectivity index (χ4v) is 3.74. The average Bonchev–Trinajstić information content (AvgIpc) is 2.82. The summed E-state index contributed by atoms with van der Waals surface area (Å²) in [6, 6.07) is 3.33. The molecular weight excluding hydrogens is 284 g/mol. The van der Waals surface area contributed by atoms with Crippen LogP contribution in [0.3, 0.4) is 0 Å². The van der Waals surface area contributed by atoms with Gasteiger partial charge in [0.15, 0.2) is 0 Å². The minimum Gasteiger partial charge on any atom is -0.381 e. The van der Waals surface area contributed by atoms with Crippen molar-refractivity contribution in [3.05, 3.63) is 17.0 Å². The average molecular weight is 306 g/mol. The van der Waals surface area contributed by atoms with Gasteiger partial charge in [-0.1, -0.05) is 13.8 Å². The maximum Gasteiger partial charge on any atom is 0.250 e. The summed E-state index contributed by atoms with van der Waals surface area (Å²) in [4.78, 5) is 0.862. The van der Waals surface area contributed by atoms with Crippen LogP contribution >= 0.6 is 11.3 Å². The molecule has 0 unspecified atom stereocenters. The summed E-state index contributed by atoms with van der Waals surface area (Å²) in [6.45, 7) is 6.18. The number of ether oxygens (including phenoxy) is 1. The lowest BCUT2D eigenvalue weighted by Crippen LogP contribution is -2.25. The zero-order valence-electron chi connectivity index (χ0n) is 11.4. The van der Waals surface area contributed by atoms with Crippen LogP contribution in [0.4, 0.5) is 0 Å². The molecule has 0 amide bonds. The molecular formula is C12H22N2O3S2. The van der Waals surface area contributed by atoms with Crippen LogP contribution in [0, 0.1) is 5.92 Å². The van der Waals surface area contributed by atoms with E-state index in [1.54, 1.807) is 12.1 Å². The molecule has 110 valence electrons. The molecule has 0 aliphatic carbocycles. The lowest BCUT2D eigenvalue weighted by atomic mass is 10.2. The number of nitrogens with one attached hydrogen (secondary N) is 1. The summed E-state index contributed by atoms with van der Waals surface area (Å²) >= 11 is 1.21. The van der Waals surface area contributed by atoms with E-state index in [0.717, 1.165) is 4.88 Å². The Labute approximate surface area is 119 Å². The molecule has 0 aliphatic heterocycles. The molecule has 0 spiro atoms. The van der Waals surface area contributed by atoms with E-state index in [0.29, 0.717) is 42.9 Å². The van der Waals surface area contributed by atoms with E-state index in [-0.39, 0.29) is 0 Å². The van der Waals surface area contributed by atoms with Gasteiger partial charge in [0.05, 0.1) is 0 Å². The van der Waals surface area contributed by atoms with E-state index in [2.05, 4.69) is 18.6 Å². The summed E-state index contributed by atoms with van der Waals surface area (Å²) in [5.74, 6) is 0.498. The highest BCUT2D eigenvalue weighted by atomic mass is 32.2. The van der Waals surface area contributed by atoms with Gasteiger partial charge in [-0.3, -0.25) is 0 Å². The van der Waals surface area contributed by atoms with Crippen molar-refractivity contribution < 1.29 is 13.2 Å². The third kappa shape index (κ3) is 6.01. The summed E-state index contributed by atoms with van der Waals surface area (Å²) in [5, 5.41) is 0. The molecule has 0 atom stereocenters. The Morgan fingerprint density at radius 3 is 2.74 bits per heavy atom. The third-order valence-electron chi connectivity index (χ3n) is 2.31. The van der Waals surface area contributed by atoms with E-state index in [1.165, 1.54) is 11.3 Å². The summed E-state index contributed by atoms with van der Waals surface area (Å²) in [5.41, 5.74) is 5.46. The first kappa shape index (κ1) is 16.6. The first-order valence-electron chi connectivity index (χ1n) is 6.32. The summed E-state index contributed by atoms with van der Waals surface area (Å²) < 4.78 is 32.1. The predicted molar refractivity (Wildman–Crippen MR) is 77.7 cm³/mol. The summed E-state index contributed by atoms with van der Waals surface area (Å²) in [7, 11) is -3.40. The lowest BCUT2D eigenvalue weighted by molar-refractivity contribution is 0.108. The minimum absolute atomic E-state index is 0.316. The Morgan fingerprint density at radius 2 is 2.16 bits per heavy atom. The van der Waals surface area contributed by atoms with Gasteiger partial charge in [0.2, 0.25) is 10.0 Å². The van der Waals surface area contributed by atoms with Crippen LogP contribution in [-0.4, -0.2) is 28.2 Å². The van der Waals surface area contributed by atoms with Crippen molar-refractivity contribution in [3.8, 4) is 0 Å². The Kier molecular flexibility index (Phi) is 6.95. The Bertz CT molecular complexity index is 469. The molecule has 0 aromatic carbocycles. The van der Waals surface area contributed by atoms with Crippen molar-refractivity contribution >= 4 is 21.4 Å². The first-order chi connectivity index (χ1) is 8.95. The maximum atomic E-state index is 11.9. The minimum atomic E-state index is -3.40. The smallest absolute Gasteiger partial charge is 0.250 e. The molecule has 0 bridgehead atoms. The number of hydrogen-bond acceptors (Lipinski definition) is 5. The van der Waals surface area contributed by atoms with E-state index in [4.69, 9.17) is 10.5 Å². The second kappa shape index (κ2) is 7.96. The number of rotatable bonds is 9. The van der Waals surface area contributed by atoms with Gasteiger partial charge in [-0.25, -0.2) is 13.1 Å². The molecule has 7 heteroatoms. The van der Waals surface area contributed by atoms with Crippen molar-refractivity contribution in [1.29, 1.82) is 0 Å². The molecule has 1 heterocycles. The standard InChI is InChI=1S/C12H22N2O3S2/c1-10(2)9-17-7-3-6-14-19(15,16)12-5-4-11(8-13)18-12/h4-5,10,14H,3,6-9,13H2,1-2H3. The fourth-order valence-electron chi connectivity index (χ4n) is 1.38. The number of thiophene rings is 1. The molecule has 3 N–H and O–H groups in total. The molecule has 0 fully saturated rings. The van der Waals surface area contributed by atoms with Gasteiger partial charge in [-0.05, 0) is 24.5 Å². The molecule has 0 radical (unpaired) electrons. The fraction of sp³-hybridized carbons (Fsp3) is 0.667. The normalized spacial score (nSPS) is 12.2. The van der Waals surface area contributed by atoms with Crippen LogP contribution in [0.15, 0.2) is 16.3 Å². The topological polar surface area (TPSA) is 81.4 Å². The van der Waals surface area contributed by atoms with Crippen molar-refractivity contribution in [2.24, 2.45) is 11.7 Å². The first-order valence-corrected chi connectivity index (χ1v) is 8.62. The van der Waals surface area contributed by atoms with E-state index < -0.39 is 10.0 Å². The second-order valence-corrected chi connectivity index (χ2v) is 7.81. The highest BCUT2D eigenvalue weighted by Gasteiger charge is 2.15. The van der Waals surface area contributed by atoms with Crippen molar-refractivity contribution in [2.75, 3.05) is 19.8 Å². The SMILES string of the molecule is CC(C)COCCCNS(=O)(=O)c1ccc(CN)s1. The highest BCUT2D eigenvalue weighted by molar-refractivity contribution is 7.91. The quantitative estimate of drug-likeness (QED) is 0.678. The molecule has 0 saturated heterocycles. The largest absolute Gasteiger partial charge is 0.381 e. The van der Waals surface area contributed by atoms with Gasteiger partial charge in [-0.2, -0.15) is 0 Å². The molecule has 19 heavy (non-hydrogen) atoms. The van der Waals surface area contributed by atoms with Crippen LogP contribution in [-0.2, 0) is 21.3 Å². The number of sulfonamides is 1. The van der Waals surface area contributed by atoms with Gasteiger partial charge in [0.1, 0.15) is 4.21 Å². The van der Waals surface area contributed by atoms with Crippen molar-refractivity contribution in [3.63, 3.8) is 0 Å². The molecule has 0 aliphatic rings. The van der Waals surface area contributed by atoms with Crippen LogP contribution in [0.2, 0.25) is 0 Å². The second-order valence-electron chi connectivity index (χ2n) is 4.64. The Hall–Kier alpha value is -0.470. The summed E-state index contributed by atoms with van der Waals surface area (Å²) in [6.07, 6.45) is 0.668. The van der Waals surface area contributed by atoms with Crippen LogP contribution < -0.4 is 10.5 Å².